The van der Waals surface area contributed by atoms with Crippen LogP contribution < -0.4 is 10.6 Å². The highest BCUT2D eigenvalue weighted by Gasteiger charge is 2.38. The summed E-state index contributed by atoms with van der Waals surface area (Å²) >= 11 is 6.30. The maximum absolute atomic E-state index is 13.7. The molecule has 12 nitrogen and oxygen atoms in total. The van der Waals surface area contributed by atoms with Crippen LogP contribution in [0.5, 0.6) is 0 Å². The van der Waals surface area contributed by atoms with Crippen molar-refractivity contribution in [3.63, 3.8) is 0 Å². The summed E-state index contributed by atoms with van der Waals surface area (Å²) in [7, 11) is 0. The molecule has 2 amide bonds. The lowest BCUT2D eigenvalue weighted by Gasteiger charge is -2.27. The molecule has 0 bridgehead atoms. The predicted molar refractivity (Wildman–Crippen MR) is 137 cm³/mol. The fraction of sp³-hybridized carbons (Fsp3) is 0.280. The van der Waals surface area contributed by atoms with E-state index < -0.39 is 30.4 Å². The SMILES string of the molecule is Cc1cc(C#N)cc(C(=O)NC2CCC2)c1NC(=O)c1cc(Cn2nnnc2C(F)(F)F)nn1-c1ncccc1Cl. The molecule has 1 fully saturated rings. The molecule has 4 aromatic rings. The zero-order valence-corrected chi connectivity index (χ0v) is 22.0. The van der Waals surface area contributed by atoms with Crippen LogP contribution >= 0.6 is 11.6 Å². The second-order valence-electron chi connectivity index (χ2n) is 9.28. The summed E-state index contributed by atoms with van der Waals surface area (Å²) in [6.07, 6.45) is -0.770. The van der Waals surface area contributed by atoms with Crippen molar-refractivity contribution in [3.05, 3.63) is 75.5 Å². The van der Waals surface area contributed by atoms with E-state index in [1.54, 1.807) is 13.0 Å². The number of aryl methyl sites for hydroxylation is 1. The molecular formula is C25H20ClF3N10O2. The summed E-state index contributed by atoms with van der Waals surface area (Å²) < 4.78 is 41.6. The number of anilines is 1. The molecule has 0 saturated heterocycles. The van der Waals surface area contributed by atoms with Gasteiger partial charge in [-0.1, -0.05) is 11.6 Å². The largest absolute Gasteiger partial charge is 0.453 e. The molecule has 210 valence electrons. The first-order valence-corrected chi connectivity index (χ1v) is 12.6. The Hall–Kier alpha value is -4.84. The molecule has 2 N–H and O–H groups in total. The van der Waals surface area contributed by atoms with E-state index in [1.807, 2.05) is 6.07 Å². The van der Waals surface area contributed by atoms with Crippen molar-refractivity contribution < 1.29 is 22.8 Å². The first-order chi connectivity index (χ1) is 19.5. The fourth-order valence-electron chi connectivity index (χ4n) is 4.22. The highest BCUT2D eigenvalue weighted by atomic mass is 35.5. The van der Waals surface area contributed by atoms with Crippen LogP contribution in [-0.2, 0) is 12.7 Å². The second kappa shape index (κ2) is 11.0. The average molecular weight is 585 g/mol. The zero-order chi connectivity index (χ0) is 29.3. The molecular weight excluding hydrogens is 565 g/mol. The number of rotatable bonds is 7. The molecule has 0 unspecified atom stereocenters. The molecule has 3 heterocycles. The summed E-state index contributed by atoms with van der Waals surface area (Å²) in [5.74, 6) is -2.52. The standard InChI is InChI=1S/C25H20ClF3N10O2/c1-13-8-14(11-30)9-17(22(40)32-15-4-2-5-15)20(13)33-23(41)19-10-16(12-38-24(25(27,28)29)34-36-37-38)35-39(19)21-18(26)6-3-7-31-21/h3,6-10,15H,2,4-5,12H2,1H3,(H,32,40)(H,33,41). The van der Waals surface area contributed by atoms with Crippen molar-refractivity contribution in [2.45, 2.75) is 44.9 Å². The van der Waals surface area contributed by atoms with Crippen molar-refractivity contribution in [1.82, 2.24) is 40.3 Å². The third kappa shape index (κ3) is 5.73. The minimum absolute atomic E-state index is 0.000233. The smallest absolute Gasteiger partial charge is 0.349 e. The Morgan fingerprint density at radius 2 is 2.00 bits per heavy atom. The number of benzene rings is 1. The van der Waals surface area contributed by atoms with E-state index in [-0.39, 0.29) is 45.1 Å². The maximum Gasteiger partial charge on any atom is 0.453 e. The lowest BCUT2D eigenvalue weighted by atomic mass is 9.92. The van der Waals surface area contributed by atoms with Gasteiger partial charge in [-0.15, -0.1) is 5.10 Å². The number of tetrazole rings is 1. The lowest BCUT2D eigenvalue weighted by Crippen LogP contribution is -2.40. The van der Waals surface area contributed by atoms with Gasteiger partial charge in [0.15, 0.2) is 5.82 Å². The Morgan fingerprint density at radius 1 is 1.22 bits per heavy atom. The number of carbonyl (C=O) groups is 2. The molecule has 0 spiro atoms. The third-order valence-corrected chi connectivity index (χ3v) is 6.71. The molecule has 41 heavy (non-hydrogen) atoms. The van der Waals surface area contributed by atoms with Crippen LogP contribution in [0.2, 0.25) is 5.02 Å². The van der Waals surface area contributed by atoms with Gasteiger partial charge in [0.2, 0.25) is 0 Å². The van der Waals surface area contributed by atoms with Crippen molar-refractivity contribution in [1.29, 1.82) is 5.26 Å². The average Bonchev–Trinajstić information content (AvgIpc) is 3.55. The minimum Gasteiger partial charge on any atom is -0.349 e. The van der Waals surface area contributed by atoms with Gasteiger partial charge in [-0.05, 0) is 72.5 Å². The predicted octanol–water partition coefficient (Wildman–Crippen LogP) is 3.69. The molecule has 1 aliphatic carbocycles. The zero-order valence-electron chi connectivity index (χ0n) is 21.3. The lowest BCUT2D eigenvalue weighted by molar-refractivity contribution is -0.147. The summed E-state index contributed by atoms with van der Waals surface area (Å²) in [5, 5.41) is 28.9. The van der Waals surface area contributed by atoms with Gasteiger partial charge in [-0.2, -0.15) is 23.5 Å². The van der Waals surface area contributed by atoms with Crippen LogP contribution in [0, 0.1) is 18.3 Å². The normalized spacial score (nSPS) is 13.4. The van der Waals surface area contributed by atoms with E-state index in [1.165, 1.54) is 30.5 Å². The fourth-order valence-corrected chi connectivity index (χ4v) is 4.42. The van der Waals surface area contributed by atoms with Crippen LogP contribution in [0.4, 0.5) is 18.9 Å². The van der Waals surface area contributed by atoms with E-state index in [4.69, 9.17) is 11.6 Å². The van der Waals surface area contributed by atoms with E-state index >= 15 is 0 Å². The van der Waals surface area contributed by atoms with E-state index in [0.29, 0.717) is 10.2 Å². The van der Waals surface area contributed by atoms with Crippen molar-refractivity contribution in [2.75, 3.05) is 5.32 Å². The molecule has 1 aliphatic rings. The molecule has 5 rings (SSSR count). The molecule has 0 radical (unpaired) electrons. The van der Waals surface area contributed by atoms with E-state index in [2.05, 4.69) is 36.2 Å². The number of carbonyl (C=O) groups excluding carboxylic acids is 2. The van der Waals surface area contributed by atoms with Crippen LogP contribution in [0.1, 0.15) is 62.8 Å². The Labute approximate surface area is 235 Å². The monoisotopic (exact) mass is 584 g/mol. The molecule has 0 atom stereocenters. The van der Waals surface area contributed by atoms with Gasteiger partial charge in [0.1, 0.15) is 5.69 Å². The first-order valence-electron chi connectivity index (χ1n) is 12.2. The van der Waals surface area contributed by atoms with Gasteiger partial charge in [-0.3, -0.25) is 9.59 Å². The number of aromatic nitrogens is 7. The van der Waals surface area contributed by atoms with Gasteiger partial charge in [0.05, 0.1) is 40.1 Å². The number of nitriles is 1. The van der Waals surface area contributed by atoms with Crippen molar-refractivity contribution in [2.24, 2.45) is 0 Å². The van der Waals surface area contributed by atoms with E-state index in [9.17, 15) is 28.0 Å². The Morgan fingerprint density at radius 3 is 2.66 bits per heavy atom. The summed E-state index contributed by atoms with van der Waals surface area (Å²) in [4.78, 5) is 30.9. The minimum atomic E-state index is -4.82. The van der Waals surface area contributed by atoms with Gasteiger partial charge in [0, 0.05) is 12.2 Å². The maximum atomic E-state index is 13.7. The number of alkyl halides is 3. The highest BCUT2D eigenvalue weighted by molar-refractivity contribution is 6.32. The number of hydrogen-bond donors (Lipinski definition) is 2. The van der Waals surface area contributed by atoms with Crippen molar-refractivity contribution in [3.8, 4) is 11.9 Å². The van der Waals surface area contributed by atoms with E-state index in [0.717, 1.165) is 23.9 Å². The van der Waals surface area contributed by atoms with Crippen LogP contribution in [-0.4, -0.2) is 52.8 Å². The summed E-state index contributed by atoms with van der Waals surface area (Å²) in [5.41, 5.74) is 0.778. The van der Waals surface area contributed by atoms with Gasteiger partial charge >= 0.3 is 6.18 Å². The Bertz CT molecular complexity index is 1690. The molecule has 3 aromatic heterocycles. The molecule has 0 aliphatic heterocycles. The van der Waals surface area contributed by atoms with Gasteiger partial charge in [0.25, 0.3) is 17.6 Å². The highest BCUT2D eigenvalue weighted by Crippen LogP contribution is 2.29. The second-order valence-corrected chi connectivity index (χ2v) is 9.69. The van der Waals surface area contributed by atoms with Crippen LogP contribution in [0.25, 0.3) is 5.82 Å². The Balaban J connectivity index is 1.54. The summed E-state index contributed by atoms with van der Waals surface area (Å²) in [6.45, 7) is 1.11. The van der Waals surface area contributed by atoms with Gasteiger partial charge < -0.3 is 10.6 Å². The first kappa shape index (κ1) is 27.7. The number of nitrogens with zero attached hydrogens (tertiary/aromatic N) is 8. The Kier molecular flexibility index (Phi) is 7.41. The topological polar surface area (TPSA) is 156 Å². The third-order valence-electron chi connectivity index (χ3n) is 6.42. The van der Waals surface area contributed by atoms with Crippen LogP contribution in [0.15, 0.2) is 36.5 Å². The molecule has 1 saturated carbocycles. The quantitative estimate of drug-likeness (QED) is 0.333. The van der Waals surface area contributed by atoms with Crippen LogP contribution in [0.3, 0.4) is 0 Å². The number of hydrogen-bond acceptors (Lipinski definition) is 8. The summed E-state index contributed by atoms with van der Waals surface area (Å²) in [6, 6.07) is 9.21. The van der Waals surface area contributed by atoms with Gasteiger partial charge in [-0.25, -0.2) is 14.3 Å². The molecule has 1 aromatic carbocycles. The number of halogens is 4. The van der Waals surface area contributed by atoms with Crippen molar-refractivity contribution >= 4 is 29.1 Å². The number of pyridine rings is 1. The number of amides is 2. The number of nitrogens with one attached hydrogen (secondary N) is 2. The molecule has 16 heteroatoms.